The summed E-state index contributed by atoms with van der Waals surface area (Å²) in [4.78, 5) is 12.0. The van der Waals surface area contributed by atoms with E-state index in [1.807, 2.05) is 19.1 Å². The molecule has 2 atom stereocenters. The van der Waals surface area contributed by atoms with Crippen molar-refractivity contribution in [2.75, 3.05) is 5.32 Å². The summed E-state index contributed by atoms with van der Waals surface area (Å²) in [5.74, 6) is -0.529. The van der Waals surface area contributed by atoms with Crippen LogP contribution in [0.2, 0.25) is 0 Å². The molecule has 2 aromatic carbocycles. The lowest BCUT2D eigenvalue weighted by Crippen LogP contribution is -2.22. The number of amides is 1. The molecule has 1 fully saturated rings. The minimum absolute atomic E-state index is 0. The van der Waals surface area contributed by atoms with Crippen molar-refractivity contribution in [3.05, 3.63) is 65.5 Å². The topological polar surface area (TPSA) is 55.1 Å². The van der Waals surface area contributed by atoms with Crippen LogP contribution in [0.4, 0.5) is 10.1 Å². The van der Waals surface area contributed by atoms with Gasteiger partial charge in [0.15, 0.2) is 0 Å². The summed E-state index contributed by atoms with van der Waals surface area (Å²) >= 11 is 0. The van der Waals surface area contributed by atoms with Gasteiger partial charge in [-0.3, -0.25) is 4.79 Å². The largest absolute Gasteiger partial charge is 0.325 e. The highest BCUT2D eigenvalue weighted by Crippen LogP contribution is 2.51. The molecule has 0 aromatic heterocycles. The van der Waals surface area contributed by atoms with E-state index < -0.39 is 5.82 Å². The highest BCUT2D eigenvalue weighted by molar-refractivity contribution is 6.04. The van der Waals surface area contributed by atoms with Crippen molar-refractivity contribution in [1.29, 1.82) is 0 Å². The quantitative estimate of drug-likeness (QED) is 0.884. The van der Waals surface area contributed by atoms with Crippen molar-refractivity contribution in [3.63, 3.8) is 0 Å². The second-order valence-corrected chi connectivity index (χ2v) is 5.90. The maximum absolute atomic E-state index is 14.2. The highest BCUT2D eigenvalue weighted by Gasteiger charge is 2.50. The van der Waals surface area contributed by atoms with Crippen molar-refractivity contribution in [1.82, 2.24) is 0 Å². The molecule has 5 heteroatoms. The molecule has 0 heterocycles. The average molecular weight is 335 g/mol. The number of carbonyl (C=O) groups excluding carboxylic acids is 1. The number of nitrogens with one attached hydrogen (secondary N) is 1. The van der Waals surface area contributed by atoms with E-state index >= 15 is 0 Å². The zero-order valence-electron chi connectivity index (χ0n) is 12.9. The van der Waals surface area contributed by atoms with Gasteiger partial charge in [-0.25, -0.2) is 4.39 Å². The van der Waals surface area contributed by atoms with Crippen LogP contribution >= 0.6 is 12.4 Å². The Hall–Kier alpha value is -1.91. The van der Waals surface area contributed by atoms with Gasteiger partial charge < -0.3 is 11.1 Å². The summed E-state index contributed by atoms with van der Waals surface area (Å²) in [6.45, 7) is 2.05. The number of carbonyl (C=O) groups is 1. The number of benzene rings is 2. The van der Waals surface area contributed by atoms with Gasteiger partial charge in [0.1, 0.15) is 5.82 Å². The normalized spacial score (nSPS) is 22.1. The molecule has 1 aliphatic rings. The molecule has 3 rings (SSSR count). The number of nitrogens with two attached hydrogens (primary N) is 1. The predicted molar refractivity (Wildman–Crippen MR) is 92.6 cm³/mol. The van der Waals surface area contributed by atoms with Gasteiger partial charge in [-0.2, -0.15) is 0 Å². The van der Waals surface area contributed by atoms with Gasteiger partial charge in [-0.1, -0.05) is 31.2 Å². The summed E-state index contributed by atoms with van der Waals surface area (Å²) in [7, 11) is 0. The fraction of sp³-hybridized carbons (Fsp3) is 0.278. The highest BCUT2D eigenvalue weighted by atomic mass is 35.5. The monoisotopic (exact) mass is 334 g/mol. The molecule has 0 bridgehead atoms. The number of halogens is 2. The van der Waals surface area contributed by atoms with Gasteiger partial charge in [-0.05, 0) is 42.7 Å². The van der Waals surface area contributed by atoms with E-state index in [1.54, 1.807) is 30.3 Å². The first-order valence-corrected chi connectivity index (χ1v) is 7.48. The predicted octanol–water partition coefficient (Wildman–Crippen LogP) is 4.09. The van der Waals surface area contributed by atoms with Gasteiger partial charge in [0.2, 0.25) is 0 Å². The van der Waals surface area contributed by atoms with Gasteiger partial charge in [0, 0.05) is 17.0 Å². The van der Waals surface area contributed by atoms with Gasteiger partial charge >= 0.3 is 0 Å². The van der Waals surface area contributed by atoms with Crippen LogP contribution in [-0.2, 0) is 0 Å². The minimum atomic E-state index is -0.424. The molecule has 3 nitrogen and oxygen atoms in total. The van der Waals surface area contributed by atoms with Crippen LogP contribution in [0.15, 0.2) is 48.5 Å². The Morgan fingerprint density at radius 1 is 1.30 bits per heavy atom. The molecule has 0 saturated heterocycles. The van der Waals surface area contributed by atoms with E-state index in [4.69, 9.17) is 5.73 Å². The fourth-order valence-electron chi connectivity index (χ4n) is 2.80. The summed E-state index contributed by atoms with van der Waals surface area (Å²) in [6, 6.07) is 13.7. The molecule has 23 heavy (non-hydrogen) atoms. The maximum atomic E-state index is 14.2. The molecule has 0 spiro atoms. The smallest absolute Gasteiger partial charge is 0.255 e. The number of anilines is 1. The minimum Gasteiger partial charge on any atom is -0.325 e. The van der Waals surface area contributed by atoms with E-state index in [1.165, 1.54) is 6.07 Å². The Morgan fingerprint density at radius 2 is 2.00 bits per heavy atom. The molecule has 1 amide bonds. The summed E-state index contributed by atoms with van der Waals surface area (Å²) in [5, 5.41) is 2.60. The first-order chi connectivity index (χ1) is 10.5. The van der Waals surface area contributed by atoms with Crippen molar-refractivity contribution in [3.8, 4) is 0 Å². The van der Waals surface area contributed by atoms with Crippen molar-refractivity contribution < 1.29 is 9.18 Å². The third-order valence-corrected chi connectivity index (χ3v) is 4.46. The standard InChI is InChI=1S/C18H19FN2O.ClH/c1-2-18(20)11-14(18)13-8-9-16(15(19)10-13)21-17(22)12-6-4-3-5-7-12;/h3-10,14H,2,11,20H2,1H3,(H,21,22);1H. The van der Waals surface area contributed by atoms with Crippen LogP contribution in [0, 0.1) is 5.82 Å². The molecule has 1 saturated carbocycles. The van der Waals surface area contributed by atoms with E-state index in [0.29, 0.717) is 5.56 Å². The van der Waals surface area contributed by atoms with E-state index in [2.05, 4.69) is 5.32 Å². The summed E-state index contributed by atoms with van der Waals surface area (Å²) in [6.07, 6.45) is 1.77. The van der Waals surface area contributed by atoms with Crippen LogP contribution in [-0.4, -0.2) is 11.4 Å². The molecular formula is C18H20ClFN2O. The molecule has 122 valence electrons. The third-order valence-electron chi connectivity index (χ3n) is 4.46. The average Bonchev–Trinajstić information content (AvgIpc) is 3.23. The Kier molecular flexibility index (Phi) is 5.07. The Bertz CT molecular complexity index is 707. The Labute approximate surface area is 141 Å². The van der Waals surface area contributed by atoms with Gasteiger partial charge in [0.05, 0.1) is 5.69 Å². The zero-order valence-corrected chi connectivity index (χ0v) is 13.7. The van der Waals surface area contributed by atoms with Crippen molar-refractivity contribution in [2.24, 2.45) is 5.73 Å². The molecular weight excluding hydrogens is 315 g/mol. The van der Waals surface area contributed by atoms with Crippen LogP contribution < -0.4 is 11.1 Å². The number of hydrogen-bond acceptors (Lipinski definition) is 2. The van der Waals surface area contributed by atoms with Gasteiger partial charge in [0.25, 0.3) is 5.91 Å². The van der Waals surface area contributed by atoms with Crippen molar-refractivity contribution in [2.45, 2.75) is 31.2 Å². The van der Waals surface area contributed by atoms with Gasteiger partial charge in [-0.15, -0.1) is 12.4 Å². The lowest BCUT2D eigenvalue weighted by atomic mass is 10.0. The maximum Gasteiger partial charge on any atom is 0.255 e. The molecule has 2 aromatic rings. The molecule has 1 aliphatic carbocycles. The van der Waals surface area contributed by atoms with E-state index in [0.717, 1.165) is 18.4 Å². The van der Waals surface area contributed by atoms with Crippen molar-refractivity contribution >= 4 is 24.0 Å². The Balaban J connectivity index is 0.00000192. The zero-order chi connectivity index (χ0) is 15.7. The number of hydrogen-bond donors (Lipinski definition) is 2. The summed E-state index contributed by atoms with van der Waals surface area (Å²) in [5.41, 5.74) is 7.58. The van der Waals surface area contributed by atoms with E-state index in [-0.39, 0.29) is 35.5 Å². The first kappa shape index (κ1) is 17.4. The lowest BCUT2D eigenvalue weighted by molar-refractivity contribution is 0.102. The fourth-order valence-corrected chi connectivity index (χ4v) is 2.80. The first-order valence-electron chi connectivity index (χ1n) is 7.48. The Morgan fingerprint density at radius 3 is 2.57 bits per heavy atom. The summed E-state index contributed by atoms with van der Waals surface area (Å²) < 4.78 is 14.2. The second-order valence-electron chi connectivity index (χ2n) is 5.90. The molecule has 0 aliphatic heterocycles. The second kappa shape index (κ2) is 6.69. The van der Waals surface area contributed by atoms with E-state index in [9.17, 15) is 9.18 Å². The lowest BCUT2D eigenvalue weighted by Gasteiger charge is -2.10. The SMILES string of the molecule is CCC1(N)CC1c1ccc(NC(=O)c2ccccc2)c(F)c1.Cl. The molecule has 2 unspecified atom stereocenters. The molecule has 0 radical (unpaired) electrons. The van der Waals surface area contributed by atoms with Crippen LogP contribution in [0.5, 0.6) is 0 Å². The number of rotatable bonds is 4. The molecule has 3 N–H and O–H groups in total. The van der Waals surface area contributed by atoms with Crippen LogP contribution in [0.25, 0.3) is 0 Å². The third kappa shape index (κ3) is 3.54. The van der Waals surface area contributed by atoms with Crippen LogP contribution in [0.3, 0.4) is 0 Å². The van der Waals surface area contributed by atoms with Crippen LogP contribution in [0.1, 0.15) is 41.6 Å².